The van der Waals surface area contributed by atoms with Gasteiger partial charge in [0.1, 0.15) is 0 Å². The summed E-state index contributed by atoms with van der Waals surface area (Å²) in [4.78, 5) is 19.6. The summed E-state index contributed by atoms with van der Waals surface area (Å²) in [5, 5.41) is 0.154. The first-order valence-corrected chi connectivity index (χ1v) is 7.47. The van der Waals surface area contributed by atoms with Gasteiger partial charge in [-0.3, -0.25) is 0 Å². The van der Waals surface area contributed by atoms with E-state index in [0.29, 0.717) is 23.4 Å². The van der Waals surface area contributed by atoms with Crippen molar-refractivity contribution in [2.75, 3.05) is 7.11 Å². The Balaban J connectivity index is 1.97. The van der Waals surface area contributed by atoms with Gasteiger partial charge in [0.05, 0.1) is 7.11 Å². The fraction of sp³-hybridized carbons (Fsp3) is 0.267. The number of aromatic nitrogens is 2. The van der Waals surface area contributed by atoms with Gasteiger partial charge < -0.3 is 9.47 Å². The highest BCUT2D eigenvalue weighted by molar-refractivity contribution is 6.30. The minimum Gasteiger partial charge on any atom is -0.466 e. The molecule has 0 atom stereocenters. The molecule has 1 heterocycles. The standard InChI is InChI=1S/C15H11Cl2FN2O3/c1-22-14(21)15(6-7-15)23-13-10(18)11(17)19-12(20-13)8-2-4-9(16)5-3-8/h2-5H,6-7H2,1H3. The fourth-order valence-electron chi connectivity index (χ4n) is 2.03. The van der Waals surface area contributed by atoms with Gasteiger partial charge in [-0.15, -0.1) is 0 Å². The van der Waals surface area contributed by atoms with Crippen molar-refractivity contribution in [1.29, 1.82) is 0 Å². The zero-order valence-corrected chi connectivity index (χ0v) is 13.5. The number of halogens is 3. The molecule has 23 heavy (non-hydrogen) atoms. The van der Waals surface area contributed by atoms with Crippen LogP contribution in [0.25, 0.3) is 11.4 Å². The van der Waals surface area contributed by atoms with Crippen molar-refractivity contribution in [2.24, 2.45) is 0 Å². The van der Waals surface area contributed by atoms with E-state index >= 15 is 0 Å². The monoisotopic (exact) mass is 356 g/mol. The molecule has 8 heteroatoms. The molecule has 1 aromatic heterocycles. The zero-order chi connectivity index (χ0) is 16.6. The summed E-state index contributed by atoms with van der Waals surface area (Å²) in [6.07, 6.45) is 0.855. The number of rotatable bonds is 4. The van der Waals surface area contributed by atoms with Gasteiger partial charge in [0.2, 0.25) is 11.4 Å². The van der Waals surface area contributed by atoms with Crippen LogP contribution in [0, 0.1) is 5.82 Å². The number of hydrogen-bond acceptors (Lipinski definition) is 5. The molecule has 0 spiro atoms. The Morgan fingerprint density at radius 3 is 2.43 bits per heavy atom. The number of hydrogen-bond donors (Lipinski definition) is 0. The van der Waals surface area contributed by atoms with Crippen molar-refractivity contribution in [1.82, 2.24) is 9.97 Å². The van der Waals surface area contributed by atoms with Crippen molar-refractivity contribution in [3.8, 4) is 17.3 Å². The van der Waals surface area contributed by atoms with Crippen LogP contribution in [-0.4, -0.2) is 28.6 Å². The van der Waals surface area contributed by atoms with Gasteiger partial charge in [-0.25, -0.2) is 9.78 Å². The van der Waals surface area contributed by atoms with E-state index in [4.69, 9.17) is 27.9 Å². The Morgan fingerprint density at radius 1 is 1.22 bits per heavy atom. The Kier molecular flexibility index (Phi) is 4.12. The van der Waals surface area contributed by atoms with Crippen LogP contribution in [0.3, 0.4) is 0 Å². The molecule has 1 aromatic carbocycles. The Labute approximate surface area is 141 Å². The molecule has 1 aliphatic rings. The van der Waals surface area contributed by atoms with Crippen molar-refractivity contribution in [3.05, 3.63) is 40.3 Å². The molecule has 120 valence electrons. The second-order valence-corrected chi connectivity index (χ2v) is 5.85. The molecule has 0 amide bonds. The average molecular weight is 357 g/mol. The first-order chi connectivity index (χ1) is 10.9. The largest absolute Gasteiger partial charge is 0.466 e. The second-order valence-electron chi connectivity index (χ2n) is 5.05. The van der Waals surface area contributed by atoms with Crippen LogP contribution in [-0.2, 0) is 9.53 Å². The van der Waals surface area contributed by atoms with Gasteiger partial charge in [0.15, 0.2) is 11.0 Å². The molecule has 0 aliphatic heterocycles. The van der Waals surface area contributed by atoms with Crippen molar-refractivity contribution in [2.45, 2.75) is 18.4 Å². The average Bonchev–Trinajstić information content (AvgIpc) is 3.32. The van der Waals surface area contributed by atoms with Gasteiger partial charge in [0.25, 0.3) is 5.88 Å². The summed E-state index contributed by atoms with van der Waals surface area (Å²) >= 11 is 11.6. The third-order valence-electron chi connectivity index (χ3n) is 3.44. The van der Waals surface area contributed by atoms with Crippen LogP contribution in [0.2, 0.25) is 10.2 Å². The van der Waals surface area contributed by atoms with Gasteiger partial charge >= 0.3 is 5.97 Å². The van der Waals surface area contributed by atoms with E-state index in [1.807, 2.05) is 0 Å². The maximum absolute atomic E-state index is 14.1. The molecule has 1 fully saturated rings. The highest BCUT2D eigenvalue weighted by atomic mass is 35.5. The third kappa shape index (κ3) is 3.09. The van der Waals surface area contributed by atoms with E-state index in [0.717, 1.165) is 0 Å². The summed E-state index contributed by atoms with van der Waals surface area (Å²) in [6.45, 7) is 0. The first-order valence-electron chi connectivity index (χ1n) is 6.71. The van der Waals surface area contributed by atoms with E-state index in [1.165, 1.54) is 7.11 Å². The summed E-state index contributed by atoms with van der Waals surface area (Å²) < 4.78 is 24.3. The number of esters is 1. The van der Waals surface area contributed by atoms with Crippen LogP contribution in [0.15, 0.2) is 24.3 Å². The molecular weight excluding hydrogens is 346 g/mol. The smallest absolute Gasteiger partial charge is 0.350 e. The molecule has 0 radical (unpaired) electrons. The Morgan fingerprint density at radius 2 is 1.87 bits per heavy atom. The number of benzene rings is 1. The van der Waals surface area contributed by atoms with Gasteiger partial charge in [-0.05, 0) is 24.3 Å². The van der Waals surface area contributed by atoms with Crippen LogP contribution >= 0.6 is 23.2 Å². The molecule has 1 aliphatic carbocycles. The molecule has 1 saturated carbocycles. The molecule has 0 N–H and O–H groups in total. The topological polar surface area (TPSA) is 61.3 Å². The Bertz CT molecular complexity index is 764. The van der Waals surface area contributed by atoms with E-state index < -0.39 is 17.4 Å². The lowest BCUT2D eigenvalue weighted by molar-refractivity contribution is -0.151. The van der Waals surface area contributed by atoms with Crippen LogP contribution in [0.1, 0.15) is 12.8 Å². The summed E-state index contributed by atoms with van der Waals surface area (Å²) in [7, 11) is 1.24. The number of carbonyl (C=O) groups excluding carboxylic acids is 1. The third-order valence-corrected chi connectivity index (χ3v) is 3.94. The Hall–Kier alpha value is -1.92. The predicted octanol–water partition coefficient (Wildman–Crippen LogP) is 3.67. The van der Waals surface area contributed by atoms with Crippen LogP contribution < -0.4 is 4.74 Å². The second kappa shape index (κ2) is 5.94. The summed E-state index contributed by atoms with van der Waals surface area (Å²) in [6, 6.07) is 6.63. The lowest BCUT2D eigenvalue weighted by Crippen LogP contribution is -2.31. The lowest BCUT2D eigenvalue weighted by Gasteiger charge is -2.16. The predicted molar refractivity (Wildman–Crippen MR) is 82.1 cm³/mol. The summed E-state index contributed by atoms with van der Waals surface area (Å²) in [5.41, 5.74) is -0.603. The minimum absolute atomic E-state index is 0.170. The van der Waals surface area contributed by atoms with E-state index in [9.17, 15) is 9.18 Å². The quantitative estimate of drug-likeness (QED) is 0.617. The number of nitrogens with zero attached hydrogens (tertiary/aromatic N) is 2. The lowest BCUT2D eigenvalue weighted by atomic mass is 10.2. The zero-order valence-electron chi connectivity index (χ0n) is 12.0. The molecule has 5 nitrogen and oxygen atoms in total. The highest BCUT2D eigenvalue weighted by Crippen LogP contribution is 2.42. The van der Waals surface area contributed by atoms with Crippen molar-refractivity contribution >= 4 is 29.2 Å². The number of ether oxygens (including phenoxy) is 2. The van der Waals surface area contributed by atoms with Crippen LogP contribution in [0.5, 0.6) is 5.88 Å². The van der Waals surface area contributed by atoms with Gasteiger partial charge in [-0.2, -0.15) is 9.37 Å². The molecule has 0 bridgehead atoms. The molecule has 3 rings (SSSR count). The minimum atomic E-state index is -1.19. The van der Waals surface area contributed by atoms with E-state index in [2.05, 4.69) is 14.7 Å². The molecule has 0 saturated heterocycles. The van der Waals surface area contributed by atoms with Gasteiger partial charge in [0, 0.05) is 23.4 Å². The van der Waals surface area contributed by atoms with E-state index in [-0.39, 0.29) is 16.9 Å². The fourth-order valence-corrected chi connectivity index (χ4v) is 2.32. The highest BCUT2D eigenvalue weighted by Gasteiger charge is 2.55. The molecule has 2 aromatic rings. The maximum atomic E-state index is 14.1. The first kappa shape index (κ1) is 16.0. The van der Waals surface area contributed by atoms with Crippen LogP contribution in [0.4, 0.5) is 4.39 Å². The van der Waals surface area contributed by atoms with Crippen molar-refractivity contribution in [3.63, 3.8) is 0 Å². The van der Waals surface area contributed by atoms with Crippen molar-refractivity contribution < 1.29 is 18.7 Å². The molecular formula is C15H11Cl2FN2O3. The number of carbonyl (C=O) groups is 1. The summed E-state index contributed by atoms with van der Waals surface area (Å²) in [5.74, 6) is -1.69. The molecule has 0 unspecified atom stereocenters. The van der Waals surface area contributed by atoms with E-state index in [1.54, 1.807) is 24.3 Å². The number of methoxy groups -OCH3 is 1. The SMILES string of the molecule is COC(=O)C1(Oc2nc(-c3ccc(Cl)cc3)nc(Cl)c2F)CC1. The normalized spacial score (nSPS) is 15.1. The van der Waals surface area contributed by atoms with Gasteiger partial charge in [-0.1, -0.05) is 23.2 Å². The maximum Gasteiger partial charge on any atom is 0.350 e.